The first-order valence-electron chi connectivity index (χ1n) is 7.77. The van der Waals surface area contributed by atoms with Crippen molar-refractivity contribution in [2.24, 2.45) is 11.8 Å². The van der Waals surface area contributed by atoms with Gasteiger partial charge in [0.1, 0.15) is 0 Å². The summed E-state index contributed by atoms with van der Waals surface area (Å²) in [5, 5.41) is 3.67. The van der Waals surface area contributed by atoms with Crippen LogP contribution in [-0.2, 0) is 0 Å². The molecule has 1 N–H and O–H groups in total. The van der Waals surface area contributed by atoms with Crippen LogP contribution in [0.15, 0.2) is 0 Å². The number of hydrogen-bond acceptors (Lipinski definition) is 2. The second kappa shape index (κ2) is 4.89. The maximum Gasteiger partial charge on any atom is 0.0114 e. The van der Waals surface area contributed by atoms with Gasteiger partial charge in [-0.25, -0.2) is 0 Å². The largest absolute Gasteiger partial charge is 0.314 e. The molecule has 2 heteroatoms. The predicted octanol–water partition coefficient (Wildman–Crippen LogP) is 2.64. The fourth-order valence-corrected chi connectivity index (χ4v) is 4.17. The highest BCUT2D eigenvalue weighted by Gasteiger charge is 2.42. The molecule has 3 atom stereocenters. The van der Waals surface area contributed by atoms with E-state index in [1.165, 1.54) is 45.1 Å². The van der Waals surface area contributed by atoms with E-state index in [-0.39, 0.29) is 0 Å². The van der Waals surface area contributed by atoms with Gasteiger partial charge in [-0.1, -0.05) is 13.8 Å². The third-order valence-electron chi connectivity index (χ3n) is 5.30. The molecule has 0 aromatic rings. The molecule has 0 amide bonds. The topological polar surface area (TPSA) is 15.3 Å². The summed E-state index contributed by atoms with van der Waals surface area (Å²) in [7, 11) is 0. The summed E-state index contributed by atoms with van der Waals surface area (Å²) < 4.78 is 0. The molecule has 3 fully saturated rings. The van der Waals surface area contributed by atoms with Gasteiger partial charge in [0.2, 0.25) is 0 Å². The Balaban J connectivity index is 1.56. The molecule has 3 aliphatic rings. The smallest absolute Gasteiger partial charge is 0.0114 e. The number of piperidine rings is 1. The molecular weight excluding hydrogens is 208 g/mol. The van der Waals surface area contributed by atoms with Crippen molar-refractivity contribution in [2.75, 3.05) is 13.1 Å². The summed E-state index contributed by atoms with van der Waals surface area (Å²) in [6, 6.07) is 2.61. The van der Waals surface area contributed by atoms with E-state index >= 15 is 0 Å². The lowest BCUT2D eigenvalue weighted by molar-refractivity contribution is 0.0969. The van der Waals surface area contributed by atoms with Crippen LogP contribution >= 0.6 is 0 Å². The Bertz CT molecular complexity index is 248. The molecule has 17 heavy (non-hydrogen) atoms. The van der Waals surface area contributed by atoms with Gasteiger partial charge in [-0.2, -0.15) is 0 Å². The van der Waals surface area contributed by atoms with Gasteiger partial charge in [-0.15, -0.1) is 0 Å². The Labute approximate surface area is 106 Å². The minimum Gasteiger partial charge on any atom is -0.314 e. The molecule has 2 aliphatic heterocycles. The molecule has 98 valence electrons. The van der Waals surface area contributed by atoms with Crippen LogP contribution in [0.1, 0.15) is 52.4 Å². The molecule has 0 radical (unpaired) electrons. The molecule has 2 nitrogen and oxygen atoms in total. The van der Waals surface area contributed by atoms with Crippen molar-refractivity contribution < 1.29 is 0 Å². The van der Waals surface area contributed by atoms with E-state index in [2.05, 4.69) is 24.1 Å². The number of nitrogens with one attached hydrogen (secondary N) is 1. The molecule has 1 aliphatic carbocycles. The Hall–Kier alpha value is -0.0800. The molecule has 0 aromatic heterocycles. The zero-order valence-corrected chi connectivity index (χ0v) is 11.5. The first-order valence-corrected chi connectivity index (χ1v) is 7.77. The van der Waals surface area contributed by atoms with Gasteiger partial charge in [0.25, 0.3) is 0 Å². The van der Waals surface area contributed by atoms with Crippen LogP contribution in [0.2, 0.25) is 0 Å². The fourth-order valence-electron chi connectivity index (χ4n) is 4.17. The van der Waals surface area contributed by atoms with Crippen molar-refractivity contribution in [1.29, 1.82) is 0 Å². The van der Waals surface area contributed by atoms with Crippen molar-refractivity contribution >= 4 is 0 Å². The van der Waals surface area contributed by atoms with Crippen LogP contribution < -0.4 is 5.32 Å². The molecule has 1 saturated carbocycles. The highest BCUT2D eigenvalue weighted by molar-refractivity contribution is 4.98. The van der Waals surface area contributed by atoms with Gasteiger partial charge in [0.05, 0.1) is 0 Å². The molecule has 2 heterocycles. The van der Waals surface area contributed by atoms with Crippen LogP contribution in [-0.4, -0.2) is 36.1 Å². The zero-order chi connectivity index (χ0) is 11.8. The third kappa shape index (κ3) is 2.53. The van der Waals surface area contributed by atoms with E-state index in [9.17, 15) is 0 Å². The second-order valence-electron chi connectivity index (χ2n) is 6.62. The molecule has 2 bridgehead atoms. The average molecular weight is 236 g/mol. The third-order valence-corrected chi connectivity index (χ3v) is 5.30. The maximum absolute atomic E-state index is 3.67. The summed E-state index contributed by atoms with van der Waals surface area (Å²) in [4.78, 5) is 2.87. The zero-order valence-electron chi connectivity index (χ0n) is 11.5. The summed E-state index contributed by atoms with van der Waals surface area (Å²) in [5.74, 6) is 2.02. The quantitative estimate of drug-likeness (QED) is 0.789. The van der Waals surface area contributed by atoms with E-state index in [1.807, 2.05) is 0 Å². The number of hydrogen-bond donors (Lipinski definition) is 1. The molecular formula is C15H28N2. The Morgan fingerprint density at radius 2 is 1.76 bits per heavy atom. The fraction of sp³-hybridized carbons (Fsp3) is 1.00. The number of rotatable bonds is 5. The van der Waals surface area contributed by atoms with Gasteiger partial charge in [-0.05, 0) is 56.9 Å². The van der Waals surface area contributed by atoms with Crippen LogP contribution in [0.25, 0.3) is 0 Å². The second-order valence-corrected chi connectivity index (χ2v) is 6.62. The Morgan fingerprint density at radius 1 is 1.12 bits per heavy atom. The van der Waals surface area contributed by atoms with Crippen LogP contribution in [0.5, 0.6) is 0 Å². The highest BCUT2D eigenvalue weighted by atomic mass is 15.2. The van der Waals surface area contributed by atoms with Crippen LogP contribution in [0.4, 0.5) is 0 Å². The lowest BCUT2D eigenvalue weighted by Gasteiger charge is -2.40. The van der Waals surface area contributed by atoms with E-state index < -0.39 is 0 Å². The first-order chi connectivity index (χ1) is 8.28. The van der Waals surface area contributed by atoms with Crippen molar-refractivity contribution in [2.45, 2.75) is 70.5 Å². The predicted molar refractivity (Wildman–Crippen MR) is 72.1 cm³/mol. The first kappa shape index (κ1) is 12.0. The van der Waals surface area contributed by atoms with Crippen molar-refractivity contribution in [1.82, 2.24) is 10.2 Å². The normalized spacial score (nSPS) is 39.5. The highest BCUT2D eigenvalue weighted by Crippen LogP contribution is 2.41. The summed E-state index contributed by atoms with van der Waals surface area (Å²) >= 11 is 0. The number of fused-ring (bicyclic) bond motifs is 2. The SMILES string of the molecule is CCNC1CC2CCC(C1)N2CC(C)C1CC1. The van der Waals surface area contributed by atoms with Gasteiger partial charge in [0.15, 0.2) is 0 Å². The molecule has 3 unspecified atom stereocenters. The standard InChI is InChI=1S/C15H28N2/c1-3-16-13-8-14-6-7-15(9-13)17(14)10-11(2)12-4-5-12/h11-16H,3-10H2,1-2H3. The van der Waals surface area contributed by atoms with Crippen LogP contribution in [0.3, 0.4) is 0 Å². The maximum atomic E-state index is 3.67. The van der Waals surface area contributed by atoms with Crippen molar-refractivity contribution in [3.05, 3.63) is 0 Å². The minimum atomic E-state index is 0.810. The van der Waals surface area contributed by atoms with Gasteiger partial charge < -0.3 is 5.32 Å². The summed E-state index contributed by atoms with van der Waals surface area (Å²) in [5.41, 5.74) is 0. The van der Waals surface area contributed by atoms with E-state index in [0.717, 1.165) is 36.5 Å². The average Bonchev–Trinajstić information content (AvgIpc) is 3.10. The Kier molecular flexibility index (Phi) is 3.45. The van der Waals surface area contributed by atoms with E-state index in [0.29, 0.717) is 0 Å². The Morgan fingerprint density at radius 3 is 2.29 bits per heavy atom. The molecule has 0 spiro atoms. The molecule has 2 saturated heterocycles. The number of nitrogens with zero attached hydrogens (tertiary/aromatic N) is 1. The van der Waals surface area contributed by atoms with Crippen molar-refractivity contribution in [3.63, 3.8) is 0 Å². The van der Waals surface area contributed by atoms with E-state index in [1.54, 1.807) is 0 Å². The lowest BCUT2D eigenvalue weighted by atomic mass is 9.95. The van der Waals surface area contributed by atoms with Gasteiger partial charge in [0, 0.05) is 24.7 Å². The van der Waals surface area contributed by atoms with Crippen LogP contribution in [0, 0.1) is 11.8 Å². The van der Waals surface area contributed by atoms with Gasteiger partial charge >= 0.3 is 0 Å². The van der Waals surface area contributed by atoms with Gasteiger partial charge in [-0.3, -0.25) is 4.90 Å². The molecule has 0 aromatic carbocycles. The minimum absolute atomic E-state index is 0.810. The lowest BCUT2D eigenvalue weighted by Crippen LogP contribution is -2.50. The van der Waals surface area contributed by atoms with Crippen molar-refractivity contribution in [3.8, 4) is 0 Å². The monoisotopic (exact) mass is 236 g/mol. The summed E-state index contributed by atoms with van der Waals surface area (Å²) in [6.45, 7) is 7.25. The summed E-state index contributed by atoms with van der Waals surface area (Å²) in [6.07, 6.45) is 8.74. The molecule has 3 rings (SSSR count). The van der Waals surface area contributed by atoms with E-state index in [4.69, 9.17) is 0 Å².